The molecule has 106 valence electrons. The number of aliphatic hydroxyl groups excluding tert-OH is 1. The van der Waals surface area contributed by atoms with Crippen LogP contribution in [0.5, 0.6) is 0 Å². The number of nitrogens with zero attached hydrogens (tertiary/aromatic N) is 2. The van der Waals surface area contributed by atoms with Crippen LogP contribution in [0.2, 0.25) is 0 Å². The zero-order valence-electron chi connectivity index (χ0n) is 10.7. The number of carbonyl (C=O) groups excluding carboxylic acids is 1. The van der Waals surface area contributed by atoms with Crippen LogP contribution in [0.1, 0.15) is 6.92 Å². The van der Waals surface area contributed by atoms with Crippen molar-refractivity contribution in [2.24, 2.45) is 5.92 Å². The standard InChI is InChI=1S/C11H16BrN3O4/c1-7(6-16)3-13-8-4-14-15(5-9(17)19-2)11(18)10(8)12/h4,7,13,16H,3,5-6H2,1-2H3. The number of anilines is 1. The molecule has 8 heteroatoms. The molecular weight excluding hydrogens is 318 g/mol. The highest BCUT2D eigenvalue weighted by atomic mass is 79.9. The summed E-state index contributed by atoms with van der Waals surface area (Å²) >= 11 is 3.16. The summed E-state index contributed by atoms with van der Waals surface area (Å²) in [6.07, 6.45) is 1.44. The van der Waals surface area contributed by atoms with Crippen LogP contribution in [0, 0.1) is 5.92 Å². The van der Waals surface area contributed by atoms with Gasteiger partial charge in [0.2, 0.25) is 0 Å². The smallest absolute Gasteiger partial charge is 0.327 e. The highest BCUT2D eigenvalue weighted by molar-refractivity contribution is 9.10. The fourth-order valence-electron chi connectivity index (χ4n) is 1.24. The third-order valence-electron chi connectivity index (χ3n) is 2.44. The Kier molecular flexibility index (Phi) is 5.97. The fourth-order valence-corrected chi connectivity index (χ4v) is 1.68. The van der Waals surface area contributed by atoms with Crippen LogP contribution in [0.25, 0.3) is 0 Å². The first-order chi connectivity index (χ1) is 8.99. The monoisotopic (exact) mass is 333 g/mol. The minimum atomic E-state index is -0.545. The molecule has 0 saturated heterocycles. The van der Waals surface area contributed by atoms with E-state index in [0.717, 1.165) is 4.68 Å². The lowest BCUT2D eigenvalue weighted by atomic mass is 10.2. The number of rotatable bonds is 6. The zero-order chi connectivity index (χ0) is 14.4. The number of aliphatic hydroxyl groups is 1. The second-order valence-corrected chi connectivity index (χ2v) is 4.87. The van der Waals surface area contributed by atoms with Gasteiger partial charge in [-0.15, -0.1) is 0 Å². The quantitative estimate of drug-likeness (QED) is 0.723. The molecule has 0 fully saturated rings. The number of ether oxygens (including phenoxy) is 1. The Morgan fingerprint density at radius 1 is 1.68 bits per heavy atom. The molecule has 0 aliphatic heterocycles. The highest BCUT2D eigenvalue weighted by Gasteiger charge is 2.12. The Bertz CT molecular complexity index is 503. The summed E-state index contributed by atoms with van der Waals surface area (Å²) in [4.78, 5) is 23.0. The Morgan fingerprint density at radius 2 is 2.37 bits per heavy atom. The molecule has 2 N–H and O–H groups in total. The van der Waals surface area contributed by atoms with Gasteiger partial charge in [-0.05, 0) is 21.8 Å². The van der Waals surface area contributed by atoms with Gasteiger partial charge in [0.05, 0.1) is 19.0 Å². The lowest BCUT2D eigenvalue weighted by molar-refractivity contribution is -0.141. The summed E-state index contributed by atoms with van der Waals surface area (Å²) in [5.41, 5.74) is 0.0958. The molecule has 1 atom stereocenters. The maximum atomic E-state index is 11.9. The Balaban J connectivity index is 2.85. The molecule has 0 spiro atoms. The van der Waals surface area contributed by atoms with Gasteiger partial charge in [0.15, 0.2) is 0 Å². The van der Waals surface area contributed by atoms with Crippen molar-refractivity contribution in [1.29, 1.82) is 0 Å². The number of aromatic nitrogens is 2. The SMILES string of the molecule is COC(=O)Cn1ncc(NCC(C)CO)c(Br)c1=O. The Hall–Kier alpha value is -1.41. The molecule has 0 radical (unpaired) electrons. The first-order valence-corrected chi connectivity index (χ1v) is 6.46. The second-order valence-electron chi connectivity index (χ2n) is 4.08. The van der Waals surface area contributed by atoms with E-state index >= 15 is 0 Å². The third kappa shape index (κ3) is 4.32. The van der Waals surface area contributed by atoms with Gasteiger partial charge >= 0.3 is 5.97 Å². The zero-order valence-corrected chi connectivity index (χ0v) is 12.3. The summed E-state index contributed by atoms with van der Waals surface area (Å²) < 4.78 is 5.77. The van der Waals surface area contributed by atoms with Crippen molar-refractivity contribution in [1.82, 2.24) is 9.78 Å². The highest BCUT2D eigenvalue weighted by Crippen LogP contribution is 2.16. The van der Waals surface area contributed by atoms with Crippen molar-refractivity contribution in [3.8, 4) is 0 Å². The predicted octanol–water partition coefficient (Wildman–Crippen LogP) is 0.219. The van der Waals surface area contributed by atoms with E-state index in [-0.39, 0.29) is 23.5 Å². The van der Waals surface area contributed by atoms with Crippen LogP contribution in [0.3, 0.4) is 0 Å². The average molecular weight is 334 g/mol. The first kappa shape index (κ1) is 15.6. The Labute approximate surface area is 118 Å². The molecule has 1 aromatic rings. The summed E-state index contributed by atoms with van der Waals surface area (Å²) in [5, 5.41) is 15.8. The van der Waals surface area contributed by atoms with Crippen molar-refractivity contribution in [2.45, 2.75) is 13.5 Å². The molecule has 0 bridgehead atoms. The molecule has 0 amide bonds. The first-order valence-electron chi connectivity index (χ1n) is 5.66. The summed E-state index contributed by atoms with van der Waals surface area (Å²) in [7, 11) is 1.24. The Morgan fingerprint density at radius 3 is 2.95 bits per heavy atom. The van der Waals surface area contributed by atoms with Gasteiger partial charge in [0, 0.05) is 13.2 Å². The van der Waals surface area contributed by atoms with Crippen LogP contribution >= 0.6 is 15.9 Å². The largest absolute Gasteiger partial charge is 0.468 e. The van der Waals surface area contributed by atoms with E-state index < -0.39 is 11.5 Å². The van der Waals surface area contributed by atoms with E-state index in [2.05, 4.69) is 31.1 Å². The molecule has 0 aliphatic carbocycles. The number of hydrogen-bond donors (Lipinski definition) is 2. The number of esters is 1. The second kappa shape index (κ2) is 7.25. The summed E-state index contributed by atoms with van der Waals surface area (Å²) in [5.74, 6) is -0.486. The lowest BCUT2D eigenvalue weighted by Crippen LogP contribution is -2.28. The fraction of sp³-hybridized carbons (Fsp3) is 0.545. The molecule has 19 heavy (non-hydrogen) atoms. The van der Waals surface area contributed by atoms with Crippen molar-refractivity contribution in [2.75, 3.05) is 25.6 Å². The molecule has 0 aliphatic rings. The van der Waals surface area contributed by atoms with Gasteiger partial charge in [0.25, 0.3) is 5.56 Å². The van der Waals surface area contributed by atoms with Gasteiger partial charge in [-0.25, -0.2) is 4.68 Å². The molecule has 1 unspecified atom stereocenters. The summed E-state index contributed by atoms with van der Waals surface area (Å²) in [6.45, 7) is 2.20. The van der Waals surface area contributed by atoms with Gasteiger partial charge in [-0.1, -0.05) is 6.92 Å². The normalized spacial score (nSPS) is 12.0. The molecule has 1 aromatic heterocycles. The predicted molar refractivity (Wildman–Crippen MR) is 73.0 cm³/mol. The van der Waals surface area contributed by atoms with Crippen LogP contribution in [0.15, 0.2) is 15.5 Å². The topological polar surface area (TPSA) is 93.5 Å². The van der Waals surface area contributed by atoms with Crippen molar-refractivity contribution >= 4 is 27.6 Å². The van der Waals surface area contributed by atoms with Crippen LogP contribution in [-0.4, -0.2) is 41.1 Å². The van der Waals surface area contributed by atoms with E-state index in [0.29, 0.717) is 12.2 Å². The molecule has 0 saturated carbocycles. The van der Waals surface area contributed by atoms with Gasteiger partial charge in [0.1, 0.15) is 11.0 Å². The number of halogens is 1. The van der Waals surface area contributed by atoms with E-state index in [1.165, 1.54) is 13.3 Å². The minimum absolute atomic E-state index is 0.0530. The molecular formula is C11H16BrN3O4. The molecule has 1 rings (SSSR count). The molecule has 1 heterocycles. The number of nitrogens with one attached hydrogen (secondary N) is 1. The number of carbonyl (C=O) groups is 1. The van der Waals surface area contributed by atoms with Crippen LogP contribution in [0.4, 0.5) is 5.69 Å². The van der Waals surface area contributed by atoms with E-state index in [9.17, 15) is 9.59 Å². The minimum Gasteiger partial charge on any atom is -0.468 e. The molecule has 0 aromatic carbocycles. The molecule has 7 nitrogen and oxygen atoms in total. The van der Waals surface area contributed by atoms with Crippen molar-refractivity contribution in [3.05, 3.63) is 21.0 Å². The summed E-state index contributed by atoms with van der Waals surface area (Å²) in [6, 6.07) is 0. The van der Waals surface area contributed by atoms with Gasteiger partial charge < -0.3 is 15.2 Å². The van der Waals surface area contributed by atoms with E-state index in [1.54, 1.807) is 0 Å². The van der Waals surface area contributed by atoms with Gasteiger partial charge in [-0.2, -0.15) is 5.10 Å². The van der Waals surface area contributed by atoms with Crippen molar-refractivity contribution in [3.63, 3.8) is 0 Å². The lowest BCUT2D eigenvalue weighted by Gasteiger charge is -2.12. The maximum absolute atomic E-state index is 11.9. The maximum Gasteiger partial charge on any atom is 0.327 e. The van der Waals surface area contributed by atoms with Gasteiger partial charge in [-0.3, -0.25) is 9.59 Å². The van der Waals surface area contributed by atoms with E-state index in [1.807, 2.05) is 6.92 Å². The average Bonchev–Trinajstić information content (AvgIpc) is 2.42. The van der Waals surface area contributed by atoms with Crippen LogP contribution in [-0.2, 0) is 16.1 Å². The van der Waals surface area contributed by atoms with Crippen LogP contribution < -0.4 is 10.9 Å². The van der Waals surface area contributed by atoms with Crippen molar-refractivity contribution < 1.29 is 14.6 Å². The number of methoxy groups -OCH3 is 1. The van der Waals surface area contributed by atoms with E-state index in [4.69, 9.17) is 5.11 Å². The number of hydrogen-bond acceptors (Lipinski definition) is 6. The third-order valence-corrected chi connectivity index (χ3v) is 3.21.